The molecule has 4 nitrogen and oxygen atoms in total. The number of anilines is 1. The molecule has 0 fully saturated rings. The van der Waals surface area contributed by atoms with Crippen LogP contribution in [0.15, 0.2) is 81.5 Å². The van der Waals surface area contributed by atoms with Crippen molar-refractivity contribution in [2.45, 2.75) is 27.2 Å². The molecule has 2 heterocycles. The van der Waals surface area contributed by atoms with E-state index in [2.05, 4.69) is 55.7 Å². The molecular weight excluding hydrogens is 334 g/mol. The van der Waals surface area contributed by atoms with Crippen molar-refractivity contribution in [3.8, 4) is 0 Å². The molecule has 4 heteroatoms. The highest BCUT2D eigenvalue weighted by molar-refractivity contribution is 6.09. The summed E-state index contributed by atoms with van der Waals surface area (Å²) < 4.78 is 5.55. The van der Waals surface area contributed by atoms with Crippen LogP contribution >= 0.6 is 0 Å². The number of ether oxygens (including phenoxy) is 1. The smallest absolute Gasteiger partial charge is 0.146 e. The Kier molecular flexibility index (Phi) is 5.65. The third-order valence-electron chi connectivity index (χ3n) is 4.90. The average molecular weight is 361 g/mol. The molecule has 140 valence electrons. The summed E-state index contributed by atoms with van der Waals surface area (Å²) in [5.41, 5.74) is 8.92. The third kappa shape index (κ3) is 4.22. The number of benzene rings is 1. The van der Waals surface area contributed by atoms with Crippen molar-refractivity contribution in [1.29, 1.82) is 0 Å². The molecule has 3 rings (SSSR count). The maximum absolute atomic E-state index is 5.55. The molecule has 0 unspecified atom stereocenters. The van der Waals surface area contributed by atoms with Crippen LogP contribution in [0.25, 0.3) is 6.08 Å². The van der Waals surface area contributed by atoms with E-state index in [0.29, 0.717) is 0 Å². The highest BCUT2D eigenvalue weighted by atomic mass is 16.5. The van der Waals surface area contributed by atoms with Crippen LogP contribution in [0.1, 0.15) is 32.8 Å². The van der Waals surface area contributed by atoms with Gasteiger partial charge in [0.2, 0.25) is 0 Å². The van der Waals surface area contributed by atoms with Gasteiger partial charge in [-0.2, -0.15) is 0 Å². The van der Waals surface area contributed by atoms with Crippen molar-refractivity contribution in [1.82, 2.24) is 5.32 Å². The number of nitrogens with zero attached hydrogens (tertiary/aromatic N) is 1. The summed E-state index contributed by atoms with van der Waals surface area (Å²) in [4.78, 5) is 4.75. The summed E-state index contributed by atoms with van der Waals surface area (Å²) in [7, 11) is 3.61. The summed E-state index contributed by atoms with van der Waals surface area (Å²) >= 11 is 0. The summed E-state index contributed by atoms with van der Waals surface area (Å²) in [6.07, 6.45) is 9.11. The lowest BCUT2D eigenvalue weighted by Gasteiger charge is -2.21. The lowest BCUT2D eigenvalue weighted by molar-refractivity contribution is 0.302. The summed E-state index contributed by atoms with van der Waals surface area (Å²) in [5, 5.41) is 6.68. The number of para-hydroxylation sites is 1. The van der Waals surface area contributed by atoms with Crippen LogP contribution in [0.3, 0.4) is 0 Å². The fraction of sp³-hybridized carbons (Fsp3) is 0.261. The van der Waals surface area contributed by atoms with Gasteiger partial charge in [-0.05, 0) is 56.5 Å². The van der Waals surface area contributed by atoms with Gasteiger partial charge in [0.05, 0.1) is 12.8 Å². The van der Waals surface area contributed by atoms with Crippen molar-refractivity contribution in [3.05, 3.63) is 82.1 Å². The maximum atomic E-state index is 5.55. The molecule has 1 aromatic rings. The van der Waals surface area contributed by atoms with Gasteiger partial charge in [0.1, 0.15) is 11.5 Å². The molecule has 27 heavy (non-hydrogen) atoms. The Morgan fingerprint density at radius 1 is 1.11 bits per heavy atom. The molecular formula is C23H27N3O. The number of aliphatic imine (C=N–C) groups is 1. The van der Waals surface area contributed by atoms with Gasteiger partial charge >= 0.3 is 0 Å². The predicted octanol–water partition coefficient (Wildman–Crippen LogP) is 5.17. The first-order valence-corrected chi connectivity index (χ1v) is 9.16. The van der Waals surface area contributed by atoms with Crippen molar-refractivity contribution < 1.29 is 4.74 Å². The van der Waals surface area contributed by atoms with Gasteiger partial charge < -0.3 is 15.4 Å². The van der Waals surface area contributed by atoms with Crippen LogP contribution in [0.5, 0.6) is 0 Å². The van der Waals surface area contributed by atoms with Crippen LogP contribution in [0, 0.1) is 0 Å². The largest absolute Gasteiger partial charge is 0.494 e. The van der Waals surface area contributed by atoms with E-state index in [4.69, 9.17) is 9.73 Å². The Morgan fingerprint density at radius 2 is 1.89 bits per heavy atom. The Morgan fingerprint density at radius 3 is 2.63 bits per heavy atom. The predicted molar refractivity (Wildman–Crippen MR) is 114 cm³/mol. The van der Waals surface area contributed by atoms with Gasteiger partial charge in [-0.15, -0.1) is 0 Å². The first-order valence-electron chi connectivity index (χ1n) is 9.16. The molecule has 0 aromatic heterocycles. The van der Waals surface area contributed by atoms with Crippen molar-refractivity contribution in [2.24, 2.45) is 4.99 Å². The zero-order valence-corrected chi connectivity index (χ0v) is 16.7. The molecule has 0 saturated carbocycles. The molecule has 0 atom stereocenters. The van der Waals surface area contributed by atoms with Gasteiger partial charge in [0, 0.05) is 30.2 Å². The standard InChI is InChI=1S/C23H27N3O/c1-15-12-16(2)21(25-17(15)3)14-22-23(27-5)13-19(26-22)11-10-18-8-6-7-9-20(18)24-4/h6-11,13-14,24-25H,12H2,1-5H3/b11-10+,22-14-. The minimum atomic E-state index is 0.780. The molecule has 2 aliphatic rings. The zero-order chi connectivity index (χ0) is 19.4. The van der Waals surface area contributed by atoms with Crippen LogP contribution in [0.2, 0.25) is 0 Å². The van der Waals surface area contributed by atoms with Gasteiger partial charge in [-0.25, -0.2) is 4.99 Å². The first kappa shape index (κ1) is 18.8. The number of hydrogen-bond donors (Lipinski definition) is 2. The molecule has 0 spiro atoms. The third-order valence-corrected chi connectivity index (χ3v) is 4.90. The van der Waals surface area contributed by atoms with Crippen molar-refractivity contribution >= 4 is 17.5 Å². The lowest BCUT2D eigenvalue weighted by atomic mass is 10.00. The molecule has 0 radical (unpaired) electrons. The maximum Gasteiger partial charge on any atom is 0.146 e. The van der Waals surface area contributed by atoms with Crippen molar-refractivity contribution in [3.63, 3.8) is 0 Å². The van der Waals surface area contributed by atoms with Gasteiger partial charge in [-0.1, -0.05) is 29.8 Å². The highest BCUT2D eigenvalue weighted by Crippen LogP contribution is 2.27. The van der Waals surface area contributed by atoms with Crippen LogP contribution in [0.4, 0.5) is 5.69 Å². The minimum Gasteiger partial charge on any atom is -0.494 e. The first-order chi connectivity index (χ1) is 13.0. The fourth-order valence-corrected chi connectivity index (χ4v) is 3.17. The molecule has 2 aliphatic heterocycles. The second-order valence-corrected chi connectivity index (χ2v) is 6.85. The number of rotatable bonds is 5. The summed E-state index contributed by atoms with van der Waals surface area (Å²) in [5.74, 6) is 0.780. The van der Waals surface area contributed by atoms with Gasteiger partial charge in [0.15, 0.2) is 0 Å². The highest BCUT2D eigenvalue weighted by Gasteiger charge is 2.17. The minimum absolute atomic E-state index is 0.780. The number of methoxy groups -OCH3 is 1. The van der Waals surface area contributed by atoms with E-state index in [0.717, 1.165) is 40.5 Å². The molecule has 1 aromatic carbocycles. The lowest BCUT2D eigenvalue weighted by Crippen LogP contribution is -2.17. The quantitative estimate of drug-likeness (QED) is 0.760. The van der Waals surface area contributed by atoms with Crippen LogP contribution in [-0.2, 0) is 4.74 Å². The fourth-order valence-electron chi connectivity index (χ4n) is 3.17. The monoisotopic (exact) mass is 361 g/mol. The van der Waals surface area contributed by atoms with Crippen LogP contribution < -0.4 is 10.6 Å². The summed E-state index contributed by atoms with van der Waals surface area (Å²) in [6.45, 7) is 6.42. The summed E-state index contributed by atoms with van der Waals surface area (Å²) in [6, 6.07) is 8.18. The average Bonchev–Trinajstić information content (AvgIpc) is 3.06. The Labute approximate surface area is 161 Å². The topological polar surface area (TPSA) is 45.7 Å². The molecule has 0 aliphatic carbocycles. The SMILES string of the molecule is CNc1ccccc1/C=C/C1=NC(=C\C2=C(C)CC(C)=C(C)N2)/C(OC)=C1. The number of hydrogen-bond acceptors (Lipinski definition) is 4. The van der Waals surface area contributed by atoms with Crippen LogP contribution in [-0.4, -0.2) is 19.9 Å². The van der Waals surface area contributed by atoms with E-state index in [-0.39, 0.29) is 0 Å². The Hall–Kier alpha value is -3.01. The molecule has 0 amide bonds. The van der Waals surface area contributed by atoms with Gasteiger partial charge in [-0.3, -0.25) is 0 Å². The van der Waals surface area contributed by atoms with Gasteiger partial charge in [0.25, 0.3) is 0 Å². The van der Waals surface area contributed by atoms with E-state index in [1.165, 1.54) is 16.8 Å². The Balaban J connectivity index is 1.86. The zero-order valence-electron chi connectivity index (χ0n) is 16.7. The second kappa shape index (κ2) is 8.12. The molecule has 0 saturated heterocycles. The van der Waals surface area contributed by atoms with E-state index in [1.54, 1.807) is 7.11 Å². The Bertz CT molecular complexity index is 927. The number of dihydropyridines is 1. The number of allylic oxidation sites excluding steroid dienone is 6. The van der Waals surface area contributed by atoms with E-state index >= 15 is 0 Å². The van der Waals surface area contributed by atoms with E-state index in [9.17, 15) is 0 Å². The molecule has 2 N–H and O–H groups in total. The number of nitrogens with one attached hydrogen (secondary N) is 2. The van der Waals surface area contributed by atoms with E-state index in [1.807, 2.05) is 31.3 Å². The van der Waals surface area contributed by atoms with E-state index < -0.39 is 0 Å². The molecule has 0 bridgehead atoms. The normalized spacial score (nSPS) is 18.8. The van der Waals surface area contributed by atoms with Crippen molar-refractivity contribution in [2.75, 3.05) is 19.5 Å². The second-order valence-electron chi connectivity index (χ2n) is 6.85.